The van der Waals surface area contributed by atoms with Crippen molar-refractivity contribution in [2.24, 2.45) is 5.92 Å². The molecule has 2 heteroatoms. The first-order valence-electron chi connectivity index (χ1n) is 7.09. The fraction of sp³-hybridized carbons (Fsp3) is 1.00. The average molecular weight is 227 g/mol. The van der Waals surface area contributed by atoms with E-state index in [4.69, 9.17) is 4.74 Å². The molecule has 1 atom stereocenters. The Bertz CT molecular complexity index is 164. The normalized spacial score (nSPS) is 20.2. The summed E-state index contributed by atoms with van der Waals surface area (Å²) in [6.07, 6.45) is 8.45. The quantitative estimate of drug-likeness (QED) is 0.673. The van der Waals surface area contributed by atoms with Gasteiger partial charge in [0, 0.05) is 12.6 Å². The topological polar surface area (TPSA) is 21.3 Å². The standard InChI is InChI=1S/C14H29NO/c1-4-14(12(2)3)15-10-11-16-13-8-6-5-7-9-13/h12-15H,4-11H2,1-3H3. The van der Waals surface area contributed by atoms with Crippen LogP contribution in [0.2, 0.25) is 0 Å². The second kappa shape index (κ2) is 8.08. The molecule has 0 aliphatic heterocycles. The van der Waals surface area contributed by atoms with Crippen LogP contribution in [0.25, 0.3) is 0 Å². The number of hydrogen-bond acceptors (Lipinski definition) is 2. The van der Waals surface area contributed by atoms with Gasteiger partial charge in [-0.25, -0.2) is 0 Å². The Kier molecular flexibility index (Phi) is 7.06. The molecule has 0 bridgehead atoms. The van der Waals surface area contributed by atoms with Gasteiger partial charge in [-0.15, -0.1) is 0 Å². The molecular formula is C14H29NO. The van der Waals surface area contributed by atoms with E-state index < -0.39 is 0 Å². The molecule has 0 heterocycles. The van der Waals surface area contributed by atoms with Crippen molar-refractivity contribution in [2.45, 2.75) is 71.4 Å². The summed E-state index contributed by atoms with van der Waals surface area (Å²) in [5.74, 6) is 0.722. The molecule has 96 valence electrons. The van der Waals surface area contributed by atoms with Crippen molar-refractivity contribution in [2.75, 3.05) is 13.2 Å². The maximum Gasteiger partial charge on any atom is 0.0594 e. The minimum atomic E-state index is 0.551. The van der Waals surface area contributed by atoms with E-state index >= 15 is 0 Å². The first-order chi connectivity index (χ1) is 7.74. The summed E-state index contributed by atoms with van der Waals surface area (Å²) in [7, 11) is 0. The van der Waals surface area contributed by atoms with Crippen LogP contribution in [0.3, 0.4) is 0 Å². The van der Waals surface area contributed by atoms with Gasteiger partial charge in [0.05, 0.1) is 12.7 Å². The predicted octanol–water partition coefficient (Wildman–Crippen LogP) is 3.36. The molecule has 0 radical (unpaired) electrons. The number of ether oxygens (including phenoxy) is 1. The van der Waals surface area contributed by atoms with E-state index in [1.54, 1.807) is 0 Å². The highest BCUT2D eigenvalue weighted by molar-refractivity contribution is 4.69. The lowest BCUT2D eigenvalue weighted by atomic mass is 9.98. The third-order valence-corrected chi connectivity index (χ3v) is 3.66. The van der Waals surface area contributed by atoms with Crippen molar-refractivity contribution in [3.8, 4) is 0 Å². The van der Waals surface area contributed by atoms with Gasteiger partial charge in [0.1, 0.15) is 0 Å². The Morgan fingerprint density at radius 2 is 1.88 bits per heavy atom. The lowest BCUT2D eigenvalue weighted by Crippen LogP contribution is -2.36. The molecule has 0 aromatic heterocycles. The van der Waals surface area contributed by atoms with Crippen LogP contribution in [0, 0.1) is 5.92 Å². The van der Waals surface area contributed by atoms with Crippen LogP contribution < -0.4 is 5.32 Å². The van der Waals surface area contributed by atoms with E-state index in [-0.39, 0.29) is 0 Å². The van der Waals surface area contributed by atoms with Crippen molar-refractivity contribution in [3.63, 3.8) is 0 Å². The van der Waals surface area contributed by atoms with Gasteiger partial charge >= 0.3 is 0 Å². The predicted molar refractivity (Wildman–Crippen MR) is 69.7 cm³/mol. The molecular weight excluding hydrogens is 198 g/mol. The molecule has 0 amide bonds. The fourth-order valence-corrected chi connectivity index (χ4v) is 2.55. The van der Waals surface area contributed by atoms with E-state index in [9.17, 15) is 0 Å². The second-order valence-electron chi connectivity index (χ2n) is 5.34. The molecule has 2 nitrogen and oxygen atoms in total. The molecule has 1 aliphatic carbocycles. The van der Waals surface area contributed by atoms with Crippen LogP contribution >= 0.6 is 0 Å². The summed E-state index contributed by atoms with van der Waals surface area (Å²) in [5.41, 5.74) is 0. The molecule has 1 saturated carbocycles. The summed E-state index contributed by atoms with van der Waals surface area (Å²) in [6, 6.07) is 0.648. The Hall–Kier alpha value is -0.0800. The molecule has 1 unspecified atom stereocenters. The van der Waals surface area contributed by atoms with E-state index in [1.807, 2.05) is 0 Å². The van der Waals surface area contributed by atoms with Gasteiger partial charge in [0.25, 0.3) is 0 Å². The highest BCUT2D eigenvalue weighted by atomic mass is 16.5. The average Bonchev–Trinajstić information content (AvgIpc) is 2.30. The van der Waals surface area contributed by atoms with Gasteiger partial charge in [-0.2, -0.15) is 0 Å². The molecule has 1 fully saturated rings. The lowest BCUT2D eigenvalue weighted by Gasteiger charge is -2.24. The van der Waals surface area contributed by atoms with Gasteiger partial charge < -0.3 is 10.1 Å². The van der Waals surface area contributed by atoms with Crippen LogP contribution in [0.1, 0.15) is 59.3 Å². The van der Waals surface area contributed by atoms with Crippen molar-refractivity contribution in [1.82, 2.24) is 5.32 Å². The summed E-state index contributed by atoms with van der Waals surface area (Å²) in [4.78, 5) is 0. The second-order valence-corrected chi connectivity index (χ2v) is 5.34. The van der Waals surface area contributed by atoms with Gasteiger partial charge in [0.15, 0.2) is 0 Å². The highest BCUT2D eigenvalue weighted by Gasteiger charge is 2.14. The van der Waals surface area contributed by atoms with Gasteiger partial charge in [-0.3, -0.25) is 0 Å². The smallest absolute Gasteiger partial charge is 0.0594 e. The highest BCUT2D eigenvalue weighted by Crippen LogP contribution is 2.19. The molecule has 1 aliphatic rings. The van der Waals surface area contributed by atoms with Crippen LogP contribution in [-0.4, -0.2) is 25.3 Å². The lowest BCUT2D eigenvalue weighted by molar-refractivity contribution is 0.0288. The maximum absolute atomic E-state index is 5.90. The Morgan fingerprint density at radius 3 is 2.44 bits per heavy atom. The van der Waals surface area contributed by atoms with E-state index in [0.29, 0.717) is 12.1 Å². The summed E-state index contributed by atoms with van der Waals surface area (Å²) in [5, 5.41) is 3.58. The molecule has 1 rings (SSSR count). The van der Waals surface area contributed by atoms with Crippen LogP contribution in [0.5, 0.6) is 0 Å². The third-order valence-electron chi connectivity index (χ3n) is 3.66. The largest absolute Gasteiger partial charge is 0.377 e. The Morgan fingerprint density at radius 1 is 1.19 bits per heavy atom. The Balaban J connectivity index is 2.01. The van der Waals surface area contributed by atoms with Crippen LogP contribution in [0.4, 0.5) is 0 Å². The molecule has 0 saturated heterocycles. The fourth-order valence-electron chi connectivity index (χ4n) is 2.55. The van der Waals surface area contributed by atoms with E-state index in [2.05, 4.69) is 26.1 Å². The van der Waals surface area contributed by atoms with Crippen molar-refractivity contribution >= 4 is 0 Å². The molecule has 0 spiro atoms. The number of nitrogens with one attached hydrogen (secondary N) is 1. The monoisotopic (exact) mass is 227 g/mol. The minimum absolute atomic E-state index is 0.551. The molecule has 0 aromatic carbocycles. The molecule has 0 aromatic rings. The number of rotatable bonds is 7. The zero-order valence-corrected chi connectivity index (χ0v) is 11.3. The Labute approximate surface area is 101 Å². The van der Waals surface area contributed by atoms with Gasteiger partial charge in [-0.1, -0.05) is 40.0 Å². The third kappa shape index (κ3) is 5.31. The SMILES string of the molecule is CCC(NCCOC1CCCCC1)C(C)C. The number of hydrogen-bond donors (Lipinski definition) is 1. The van der Waals surface area contributed by atoms with Crippen molar-refractivity contribution < 1.29 is 4.74 Å². The molecule has 16 heavy (non-hydrogen) atoms. The summed E-state index contributed by atoms with van der Waals surface area (Å²) < 4.78 is 5.90. The summed E-state index contributed by atoms with van der Waals surface area (Å²) in [6.45, 7) is 8.70. The van der Waals surface area contributed by atoms with Gasteiger partial charge in [0.2, 0.25) is 0 Å². The van der Waals surface area contributed by atoms with E-state index in [1.165, 1.54) is 38.5 Å². The van der Waals surface area contributed by atoms with Crippen molar-refractivity contribution in [3.05, 3.63) is 0 Å². The van der Waals surface area contributed by atoms with Crippen LogP contribution in [0.15, 0.2) is 0 Å². The zero-order chi connectivity index (χ0) is 11.8. The maximum atomic E-state index is 5.90. The summed E-state index contributed by atoms with van der Waals surface area (Å²) >= 11 is 0. The first-order valence-corrected chi connectivity index (χ1v) is 7.09. The van der Waals surface area contributed by atoms with Crippen molar-refractivity contribution in [1.29, 1.82) is 0 Å². The van der Waals surface area contributed by atoms with E-state index in [0.717, 1.165) is 19.1 Å². The zero-order valence-electron chi connectivity index (χ0n) is 11.3. The van der Waals surface area contributed by atoms with Gasteiger partial charge in [-0.05, 0) is 25.2 Å². The minimum Gasteiger partial charge on any atom is -0.377 e. The molecule has 1 N–H and O–H groups in total. The first kappa shape index (κ1) is 14.0. The van der Waals surface area contributed by atoms with Crippen LogP contribution in [-0.2, 0) is 4.74 Å².